The molecular formula is C12H7FN2O5. The van der Waals surface area contributed by atoms with E-state index in [-0.39, 0.29) is 5.75 Å². The van der Waals surface area contributed by atoms with Gasteiger partial charge in [-0.25, -0.2) is 9.18 Å². The maximum absolute atomic E-state index is 13.7. The summed E-state index contributed by atoms with van der Waals surface area (Å²) >= 11 is 0. The molecule has 102 valence electrons. The van der Waals surface area contributed by atoms with Crippen LogP contribution in [0.15, 0.2) is 36.7 Å². The van der Waals surface area contributed by atoms with Crippen molar-refractivity contribution in [1.29, 1.82) is 0 Å². The highest BCUT2D eigenvalue weighted by atomic mass is 19.1. The van der Waals surface area contributed by atoms with Gasteiger partial charge in [-0.2, -0.15) is 0 Å². The molecule has 0 unspecified atom stereocenters. The van der Waals surface area contributed by atoms with E-state index in [1.54, 1.807) is 0 Å². The van der Waals surface area contributed by atoms with Crippen LogP contribution >= 0.6 is 0 Å². The molecule has 0 aliphatic carbocycles. The minimum Gasteiger partial charge on any atom is -0.477 e. The zero-order valence-corrected chi connectivity index (χ0v) is 9.82. The number of hydrogen-bond acceptors (Lipinski definition) is 5. The summed E-state index contributed by atoms with van der Waals surface area (Å²) in [4.78, 5) is 24.4. The Morgan fingerprint density at radius 1 is 1.45 bits per heavy atom. The van der Waals surface area contributed by atoms with Crippen molar-refractivity contribution in [3.8, 4) is 11.5 Å². The van der Waals surface area contributed by atoms with Crippen LogP contribution in [0.1, 0.15) is 10.4 Å². The van der Waals surface area contributed by atoms with Crippen molar-refractivity contribution in [1.82, 2.24) is 4.98 Å². The summed E-state index contributed by atoms with van der Waals surface area (Å²) < 4.78 is 18.8. The Hall–Kier alpha value is -3.03. The second-order valence-corrected chi connectivity index (χ2v) is 3.65. The van der Waals surface area contributed by atoms with E-state index in [0.29, 0.717) is 6.07 Å². The van der Waals surface area contributed by atoms with Crippen LogP contribution in [0.2, 0.25) is 0 Å². The summed E-state index contributed by atoms with van der Waals surface area (Å²) in [5.74, 6) is -2.84. The molecule has 1 aromatic carbocycles. The summed E-state index contributed by atoms with van der Waals surface area (Å²) in [6, 6.07) is 4.29. The summed E-state index contributed by atoms with van der Waals surface area (Å²) in [6.45, 7) is 0. The third-order valence-corrected chi connectivity index (χ3v) is 2.34. The summed E-state index contributed by atoms with van der Waals surface area (Å²) in [5.41, 5.74) is -1.50. The van der Waals surface area contributed by atoms with Crippen LogP contribution in [-0.4, -0.2) is 21.0 Å². The van der Waals surface area contributed by atoms with Crippen LogP contribution in [0, 0.1) is 15.9 Å². The van der Waals surface area contributed by atoms with E-state index in [4.69, 9.17) is 9.84 Å². The zero-order valence-electron chi connectivity index (χ0n) is 9.82. The average molecular weight is 278 g/mol. The largest absolute Gasteiger partial charge is 0.477 e. The maximum atomic E-state index is 13.7. The van der Waals surface area contributed by atoms with Gasteiger partial charge in [0, 0.05) is 12.3 Å². The molecule has 0 radical (unpaired) electrons. The van der Waals surface area contributed by atoms with Crippen LogP contribution in [0.25, 0.3) is 0 Å². The van der Waals surface area contributed by atoms with Crippen LogP contribution in [-0.2, 0) is 0 Å². The molecule has 8 heteroatoms. The molecule has 0 amide bonds. The van der Waals surface area contributed by atoms with Gasteiger partial charge in [0.1, 0.15) is 11.3 Å². The highest BCUT2D eigenvalue weighted by Crippen LogP contribution is 2.30. The van der Waals surface area contributed by atoms with Gasteiger partial charge < -0.3 is 9.84 Å². The molecule has 0 spiro atoms. The van der Waals surface area contributed by atoms with Crippen molar-refractivity contribution < 1.29 is 24.0 Å². The van der Waals surface area contributed by atoms with Gasteiger partial charge in [0.15, 0.2) is 11.6 Å². The predicted molar refractivity (Wildman–Crippen MR) is 64.3 cm³/mol. The van der Waals surface area contributed by atoms with Crippen molar-refractivity contribution in [2.24, 2.45) is 0 Å². The fourth-order valence-electron chi connectivity index (χ4n) is 1.48. The molecule has 1 heterocycles. The molecule has 0 atom stereocenters. The van der Waals surface area contributed by atoms with Gasteiger partial charge >= 0.3 is 5.97 Å². The number of hydrogen-bond donors (Lipinski definition) is 1. The standard InChI is InChI=1S/C12H7FN2O5/c13-9-5-10(15(18)19)8(12(16)17)4-11(9)20-7-2-1-3-14-6-7/h1-6H,(H,16,17). The van der Waals surface area contributed by atoms with Crippen LogP contribution < -0.4 is 4.74 Å². The van der Waals surface area contributed by atoms with Gasteiger partial charge in [-0.05, 0) is 12.1 Å². The lowest BCUT2D eigenvalue weighted by molar-refractivity contribution is -0.385. The lowest BCUT2D eigenvalue weighted by Crippen LogP contribution is -2.04. The third-order valence-electron chi connectivity index (χ3n) is 2.34. The quantitative estimate of drug-likeness (QED) is 0.681. The number of pyridine rings is 1. The van der Waals surface area contributed by atoms with E-state index in [2.05, 4.69) is 4.98 Å². The number of halogens is 1. The number of rotatable bonds is 4. The highest BCUT2D eigenvalue weighted by molar-refractivity contribution is 5.92. The molecule has 0 bridgehead atoms. The molecular weight excluding hydrogens is 271 g/mol. The van der Waals surface area contributed by atoms with Crippen LogP contribution in [0.3, 0.4) is 0 Å². The lowest BCUT2D eigenvalue weighted by atomic mass is 10.1. The number of aromatic carboxylic acids is 1. The van der Waals surface area contributed by atoms with Gasteiger partial charge in [-0.3, -0.25) is 15.1 Å². The molecule has 1 aromatic heterocycles. The highest BCUT2D eigenvalue weighted by Gasteiger charge is 2.24. The summed E-state index contributed by atoms with van der Waals surface area (Å²) in [5, 5.41) is 19.6. The van der Waals surface area contributed by atoms with E-state index in [1.165, 1.54) is 24.5 Å². The van der Waals surface area contributed by atoms with Gasteiger partial charge in [0.25, 0.3) is 5.69 Å². The topological polar surface area (TPSA) is 103 Å². The Kier molecular flexibility index (Phi) is 3.56. The number of aromatic nitrogens is 1. The molecule has 2 aromatic rings. The summed E-state index contributed by atoms with van der Waals surface area (Å²) in [6.07, 6.45) is 2.77. The number of nitrogens with zero attached hydrogens (tertiary/aromatic N) is 2. The first kappa shape index (κ1) is 13.4. The van der Waals surface area contributed by atoms with E-state index in [1.807, 2.05) is 0 Å². The van der Waals surface area contributed by atoms with Gasteiger partial charge in [0.2, 0.25) is 0 Å². The Balaban J connectivity index is 2.47. The third kappa shape index (κ3) is 2.69. The van der Waals surface area contributed by atoms with E-state index >= 15 is 0 Å². The number of nitro benzene ring substituents is 1. The second-order valence-electron chi connectivity index (χ2n) is 3.65. The number of ether oxygens (including phenoxy) is 1. The van der Waals surface area contributed by atoms with Crippen molar-refractivity contribution in [3.63, 3.8) is 0 Å². The monoisotopic (exact) mass is 278 g/mol. The van der Waals surface area contributed by atoms with Gasteiger partial charge in [-0.1, -0.05) is 0 Å². The zero-order chi connectivity index (χ0) is 14.7. The fourth-order valence-corrected chi connectivity index (χ4v) is 1.48. The molecule has 0 aliphatic heterocycles. The normalized spacial score (nSPS) is 10.1. The van der Waals surface area contributed by atoms with Gasteiger partial charge in [0.05, 0.1) is 17.2 Å². The molecule has 1 N–H and O–H groups in total. The Bertz CT molecular complexity index is 675. The van der Waals surface area contributed by atoms with E-state index < -0.39 is 33.7 Å². The first-order chi connectivity index (χ1) is 9.49. The molecule has 7 nitrogen and oxygen atoms in total. The van der Waals surface area contributed by atoms with E-state index in [9.17, 15) is 19.3 Å². The van der Waals surface area contributed by atoms with Gasteiger partial charge in [-0.15, -0.1) is 0 Å². The molecule has 2 rings (SSSR count). The number of carbonyl (C=O) groups is 1. The van der Waals surface area contributed by atoms with Crippen molar-refractivity contribution in [2.75, 3.05) is 0 Å². The SMILES string of the molecule is O=C(O)c1cc(Oc2cccnc2)c(F)cc1[N+](=O)[O-]. The first-order valence-corrected chi connectivity index (χ1v) is 5.28. The van der Waals surface area contributed by atoms with Crippen LogP contribution in [0.4, 0.5) is 10.1 Å². The number of nitro groups is 1. The van der Waals surface area contributed by atoms with Crippen molar-refractivity contribution in [3.05, 3.63) is 58.2 Å². The van der Waals surface area contributed by atoms with Crippen molar-refractivity contribution in [2.45, 2.75) is 0 Å². The average Bonchev–Trinajstić information content (AvgIpc) is 2.41. The molecule has 20 heavy (non-hydrogen) atoms. The fraction of sp³-hybridized carbons (Fsp3) is 0. The Morgan fingerprint density at radius 3 is 2.75 bits per heavy atom. The first-order valence-electron chi connectivity index (χ1n) is 5.28. The predicted octanol–water partition coefficient (Wildman–Crippen LogP) is 2.62. The van der Waals surface area contributed by atoms with Crippen molar-refractivity contribution >= 4 is 11.7 Å². The molecule has 0 aliphatic rings. The Labute approximate surface area is 111 Å². The maximum Gasteiger partial charge on any atom is 0.342 e. The van der Waals surface area contributed by atoms with E-state index in [0.717, 1.165) is 6.07 Å². The smallest absolute Gasteiger partial charge is 0.342 e. The molecule has 0 fully saturated rings. The minimum atomic E-state index is -1.55. The molecule has 0 saturated carbocycles. The molecule has 0 saturated heterocycles. The number of carboxylic acids is 1. The lowest BCUT2D eigenvalue weighted by Gasteiger charge is -2.07. The number of benzene rings is 1. The Morgan fingerprint density at radius 2 is 2.20 bits per heavy atom. The minimum absolute atomic E-state index is 0.177. The number of carboxylic acid groups (broad SMARTS) is 1. The summed E-state index contributed by atoms with van der Waals surface area (Å²) in [7, 11) is 0. The second kappa shape index (κ2) is 5.31. The van der Waals surface area contributed by atoms with Crippen LogP contribution in [0.5, 0.6) is 11.5 Å².